The molecule has 1 spiro atoms. The number of hydrogen-bond acceptors (Lipinski definition) is 4. The Hall–Kier alpha value is -1.26. The van der Waals surface area contributed by atoms with Crippen LogP contribution in [0.2, 0.25) is 0 Å². The molecule has 1 aromatic rings. The fourth-order valence-corrected chi connectivity index (χ4v) is 3.64. The van der Waals surface area contributed by atoms with E-state index in [-0.39, 0.29) is 0 Å². The topological polar surface area (TPSA) is 47.7 Å². The summed E-state index contributed by atoms with van der Waals surface area (Å²) in [6.45, 7) is 5.55. The molecule has 0 radical (unpaired) electrons. The first-order chi connectivity index (χ1) is 9.27. The van der Waals surface area contributed by atoms with Gasteiger partial charge in [-0.2, -0.15) is 0 Å². The van der Waals surface area contributed by atoms with Crippen molar-refractivity contribution in [1.29, 1.82) is 0 Å². The van der Waals surface area contributed by atoms with E-state index >= 15 is 0 Å². The standard InChI is InChI=1S/C15H20N2O2/c16-13-1-2-14(12-8-19-7-11(12)13)17-9-15(10-17)3-5-18-6-4-15/h1-2H,3-10,16H2. The maximum Gasteiger partial charge on any atom is 0.0746 e. The van der Waals surface area contributed by atoms with Crippen molar-refractivity contribution < 1.29 is 9.47 Å². The van der Waals surface area contributed by atoms with Gasteiger partial charge >= 0.3 is 0 Å². The summed E-state index contributed by atoms with van der Waals surface area (Å²) in [7, 11) is 0. The number of rotatable bonds is 1. The van der Waals surface area contributed by atoms with Crippen LogP contribution in [0.1, 0.15) is 24.0 Å². The van der Waals surface area contributed by atoms with Gasteiger partial charge in [0.05, 0.1) is 13.2 Å². The molecule has 2 N–H and O–H groups in total. The van der Waals surface area contributed by atoms with E-state index in [4.69, 9.17) is 15.2 Å². The van der Waals surface area contributed by atoms with Crippen LogP contribution in [0.15, 0.2) is 12.1 Å². The molecule has 3 aliphatic heterocycles. The Kier molecular flexibility index (Phi) is 2.50. The second-order valence-electron chi connectivity index (χ2n) is 6.09. The Morgan fingerprint density at radius 2 is 1.74 bits per heavy atom. The van der Waals surface area contributed by atoms with Gasteiger partial charge in [-0.15, -0.1) is 0 Å². The average Bonchev–Trinajstić information content (AvgIpc) is 2.88. The molecule has 3 aliphatic rings. The van der Waals surface area contributed by atoms with Gasteiger partial charge in [-0.05, 0) is 25.0 Å². The Bertz CT molecular complexity index is 501. The van der Waals surface area contributed by atoms with Gasteiger partial charge in [0.25, 0.3) is 0 Å². The van der Waals surface area contributed by atoms with Gasteiger partial charge in [0, 0.05) is 54.2 Å². The Labute approximate surface area is 113 Å². The molecule has 1 aromatic carbocycles. The third-order valence-corrected chi connectivity index (χ3v) is 4.88. The van der Waals surface area contributed by atoms with Crippen molar-refractivity contribution in [2.75, 3.05) is 36.9 Å². The van der Waals surface area contributed by atoms with Crippen LogP contribution < -0.4 is 10.6 Å². The molecule has 0 atom stereocenters. The Morgan fingerprint density at radius 1 is 1.00 bits per heavy atom. The molecule has 0 aliphatic carbocycles. The summed E-state index contributed by atoms with van der Waals surface area (Å²) in [6, 6.07) is 4.19. The van der Waals surface area contributed by atoms with Gasteiger partial charge in [0.15, 0.2) is 0 Å². The van der Waals surface area contributed by atoms with Crippen LogP contribution in [0.25, 0.3) is 0 Å². The van der Waals surface area contributed by atoms with Crippen LogP contribution in [0.5, 0.6) is 0 Å². The van der Waals surface area contributed by atoms with Crippen molar-refractivity contribution in [2.45, 2.75) is 26.1 Å². The molecule has 4 heteroatoms. The fraction of sp³-hybridized carbons (Fsp3) is 0.600. The van der Waals surface area contributed by atoms with Crippen LogP contribution >= 0.6 is 0 Å². The molecular formula is C15H20N2O2. The van der Waals surface area contributed by atoms with E-state index in [0.29, 0.717) is 18.6 Å². The minimum absolute atomic E-state index is 0.506. The minimum atomic E-state index is 0.506. The number of anilines is 2. The van der Waals surface area contributed by atoms with Crippen LogP contribution in [0.4, 0.5) is 11.4 Å². The summed E-state index contributed by atoms with van der Waals surface area (Å²) < 4.78 is 11.0. The maximum absolute atomic E-state index is 6.02. The zero-order chi connectivity index (χ0) is 12.9. The SMILES string of the molecule is Nc1ccc(N2CC3(CCOCC3)C2)c2c1COC2. The molecule has 3 heterocycles. The summed E-state index contributed by atoms with van der Waals surface area (Å²) in [5, 5.41) is 0. The Balaban J connectivity index is 1.57. The van der Waals surface area contributed by atoms with E-state index in [0.717, 1.165) is 32.0 Å². The summed E-state index contributed by atoms with van der Waals surface area (Å²) in [6.07, 6.45) is 2.41. The van der Waals surface area contributed by atoms with Crippen molar-refractivity contribution >= 4 is 11.4 Å². The first-order valence-electron chi connectivity index (χ1n) is 7.08. The fourth-order valence-electron chi connectivity index (χ4n) is 3.64. The van der Waals surface area contributed by atoms with Gasteiger partial charge in [-0.25, -0.2) is 0 Å². The molecular weight excluding hydrogens is 240 g/mol. The Morgan fingerprint density at radius 3 is 2.53 bits per heavy atom. The minimum Gasteiger partial charge on any atom is -0.398 e. The normalized spacial score (nSPS) is 24.3. The van der Waals surface area contributed by atoms with E-state index in [1.807, 2.05) is 6.07 Å². The second-order valence-corrected chi connectivity index (χ2v) is 6.09. The lowest BCUT2D eigenvalue weighted by Crippen LogP contribution is -2.58. The number of ether oxygens (including phenoxy) is 2. The molecule has 102 valence electrons. The zero-order valence-corrected chi connectivity index (χ0v) is 11.2. The summed E-state index contributed by atoms with van der Waals surface area (Å²) >= 11 is 0. The highest BCUT2D eigenvalue weighted by molar-refractivity contribution is 5.67. The third-order valence-electron chi connectivity index (χ3n) is 4.88. The monoisotopic (exact) mass is 260 g/mol. The lowest BCUT2D eigenvalue weighted by molar-refractivity contribution is -0.000297. The second kappa shape index (κ2) is 4.12. The predicted molar refractivity (Wildman–Crippen MR) is 74.0 cm³/mol. The van der Waals surface area contributed by atoms with Gasteiger partial charge in [0.1, 0.15) is 0 Å². The molecule has 2 saturated heterocycles. The molecule has 0 aromatic heterocycles. The van der Waals surface area contributed by atoms with Crippen molar-refractivity contribution in [2.24, 2.45) is 5.41 Å². The number of nitrogen functional groups attached to an aromatic ring is 1. The van der Waals surface area contributed by atoms with Gasteiger partial charge < -0.3 is 20.1 Å². The average molecular weight is 260 g/mol. The first kappa shape index (κ1) is 11.6. The molecule has 2 fully saturated rings. The number of hydrogen-bond donors (Lipinski definition) is 1. The van der Waals surface area contributed by atoms with Gasteiger partial charge in [-0.1, -0.05) is 0 Å². The molecule has 19 heavy (non-hydrogen) atoms. The van der Waals surface area contributed by atoms with Crippen LogP contribution in [0, 0.1) is 5.41 Å². The quantitative estimate of drug-likeness (QED) is 0.784. The van der Waals surface area contributed by atoms with Crippen molar-refractivity contribution in [3.05, 3.63) is 23.3 Å². The van der Waals surface area contributed by atoms with Crippen LogP contribution in [-0.4, -0.2) is 26.3 Å². The summed E-state index contributed by atoms with van der Waals surface area (Å²) in [5.74, 6) is 0. The summed E-state index contributed by atoms with van der Waals surface area (Å²) in [5.41, 5.74) is 11.2. The first-order valence-corrected chi connectivity index (χ1v) is 7.08. The predicted octanol–water partition coefficient (Wildman–Crippen LogP) is 1.92. The molecule has 0 unspecified atom stereocenters. The highest BCUT2D eigenvalue weighted by atomic mass is 16.5. The maximum atomic E-state index is 6.02. The van der Waals surface area contributed by atoms with Crippen molar-refractivity contribution in [3.63, 3.8) is 0 Å². The highest BCUT2D eigenvalue weighted by Crippen LogP contribution is 2.44. The largest absolute Gasteiger partial charge is 0.398 e. The smallest absolute Gasteiger partial charge is 0.0746 e. The highest BCUT2D eigenvalue weighted by Gasteiger charge is 2.44. The molecule has 4 rings (SSSR count). The van der Waals surface area contributed by atoms with Crippen LogP contribution in [-0.2, 0) is 22.7 Å². The van der Waals surface area contributed by atoms with Crippen molar-refractivity contribution in [3.8, 4) is 0 Å². The van der Waals surface area contributed by atoms with E-state index in [2.05, 4.69) is 11.0 Å². The van der Waals surface area contributed by atoms with Gasteiger partial charge in [0.2, 0.25) is 0 Å². The van der Waals surface area contributed by atoms with E-state index in [1.54, 1.807) is 0 Å². The molecule has 4 nitrogen and oxygen atoms in total. The number of fused-ring (bicyclic) bond motifs is 1. The molecule has 0 amide bonds. The number of nitrogens with zero attached hydrogens (tertiary/aromatic N) is 1. The van der Waals surface area contributed by atoms with Crippen molar-refractivity contribution in [1.82, 2.24) is 0 Å². The molecule has 0 bridgehead atoms. The summed E-state index contributed by atoms with van der Waals surface area (Å²) in [4.78, 5) is 2.48. The van der Waals surface area contributed by atoms with Crippen LogP contribution in [0.3, 0.4) is 0 Å². The zero-order valence-electron chi connectivity index (χ0n) is 11.2. The van der Waals surface area contributed by atoms with E-state index in [1.165, 1.54) is 29.7 Å². The van der Waals surface area contributed by atoms with E-state index in [9.17, 15) is 0 Å². The lowest BCUT2D eigenvalue weighted by atomic mass is 9.73. The van der Waals surface area contributed by atoms with Gasteiger partial charge in [-0.3, -0.25) is 0 Å². The van der Waals surface area contributed by atoms with E-state index < -0.39 is 0 Å². The lowest BCUT2D eigenvalue weighted by Gasteiger charge is -2.53. The number of nitrogens with two attached hydrogens (primary N) is 1. The molecule has 0 saturated carbocycles. The third kappa shape index (κ3) is 1.74. The number of benzene rings is 1.